The summed E-state index contributed by atoms with van der Waals surface area (Å²) in [6.07, 6.45) is 1.92. The Labute approximate surface area is 352 Å². The zero-order valence-corrected chi connectivity index (χ0v) is 35.6. The molecule has 5 heterocycles. The first kappa shape index (κ1) is 37.5. The molecule has 286 valence electrons. The molecule has 0 fully saturated rings. The predicted molar refractivity (Wildman–Crippen MR) is 234 cm³/mol. The van der Waals surface area contributed by atoms with E-state index in [0.717, 1.165) is 89.0 Å². The number of aromatic nitrogens is 6. The molecule has 0 amide bonds. The molecule has 10 aromatic rings. The second kappa shape index (κ2) is 14.1. The van der Waals surface area contributed by atoms with Gasteiger partial charge in [0.15, 0.2) is 0 Å². The molecule has 0 aliphatic rings. The van der Waals surface area contributed by atoms with E-state index in [1.807, 2.05) is 30.5 Å². The minimum atomic E-state index is -0.0299. The number of fused-ring (bicyclic) bond motifs is 6. The molecule has 0 atom stereocenters. The van der Waals surface area contributed by atoms with E-state index in [1.165, 1.54) is 11.1 Å². The molecule has 0 saturated carbocycles. The van der Waals surface area contributed by atoms with Crippen LogP contribution in [0.15, 0.2) is 146 Å². The van der Waals surface area contributed by atoms with Gasteiger partial charge in [0.1, 0.15) is 11.5 Å². The van der Waals surface area contributed by atoms with E-state index in [2.05, 4.69) is 172 Å². The van der Waals surface area contributed by atoms with Crippen LogP contribution in [0.2, 0.25) is 0 Å². The second-order valence-electron chi connectivity index (χ2n) is 17.0. The third kappa shape index (κ3) is 6.18. The van der Waals surface area contributed by atoms with Crippen molar-refractivity contribution in [3.05, 3.63) is 163 Å². The van der Waals surface area contributed by atoms with Crippen LogP contribution in [-0.2, 0) is 31.9 Å². The van der Waals surface area contributed by atoms with Gasteiger partial charge in [-0.05, 0) is 86.5 Å². The average Bonchev–Trinajstić information content (AvgIpc) is 3.91. The van der Waals surface area contributed by atoms with Crippen molar-refractivity contribution >= 4 is 43.7 Å². The quantitative estimate of drug-likeness (QED) is 0.161. The summed E-state index contributed by atoms with van der Waals surface area (Å²) in [6.45, 7) is 13.5. The Morgan fingerprint density at radius 2 is 1.22 bits per heavy atom. The van der Waals surface area contributed by atoms with Gasteiger partial charge in [-0.2, -0.15) is 6.07 Å². The Bertz CT molecular complexity index is 3140. The summed E-state index contributed by atoms with van der Waals surface area (Å²) in [6, 6.07) is 53.0. The maximum absolute atomic E-state index is 5.51. The average molecular weight is 934 g/mol. The fourth-order valence-electron chi connectivity index (χ4n) is 8.16. The van der Waals surface area contributed by atoms with Gasteiger partial charge < -0.3 is 19.3 Å². The predicted octanol–water partition coefficient (Wildman–Crippen LogP) is 12.4. The van der Waals surface area contributed by atoms with Crippen molar-refractivity contribution in [2.75, 3.05) is 0 Å². The fourth-order valence-corrected chi connectivity index (χ4v) is 8.16. The Morgan fingerprint density at radius 1 is 0.569 bits per heavy atom. The van der Waals surface area contributed by atoms with Crippen molar-refractivity contribution in [1.29, 1.82) is 0 Å². The zero-order valence-electron chi connectivity index (χ0n) is 33.4. The van der Waals surface area contributed by atoms with Crippen LogP contribution in [0.4, 0.5) is 0 Å². The molecule has 0 radical (unpaired) electrons. The van der Waals surface area contributed by atoms with Crippen LogP contribution in [0, 0.1) is 6.07 Å². The van der Waals surface area contributed by atoms with Gasteiger partial charge in [0, 0.05) is 22.5 Å². The molecule has 5 aromatic carbocycles. The summed E-state index contributed by atoms with van der Waals surface area (Å²) >= 11 is 0. The topological polar surface area (TPSA) is 62.6 Å². The van der Waals surface area contributed by atoms with Crippen LogP contribution < -0.4 is 5.10 Å². The molecule has 0 N–H and O–H groups in total. The van der Waals surface area contributed by atoms with E-state index in [-0.39, 0.29) is 31.9 Å². The summed E-state index contributed by atoms with van der Waals surface area (Å²) < 4.78 is 4.52. The van der Waals surface area contributed by atoms with E-state index < -0.39 is 0 Å². The van der Waals surface area contributed by atoms with Crippen LogP contribution >= 0.6 is 0 Å². The molecule has 6 nitrogen and oxygen atoms in total. The number of benzene rings is 5. The number of hydrogen-bond acceptors (Lipinski definition) is 3. The van der Waals surface area contributed by atoms with Gasteiger partial charge in [-0.15, -0.1) is 17.5 Å². The number of pyridine rings is 2. The molecule has 10 rings (SSSR count). The summed E-state index contributed by atoms with van der Waals surface area (Å²) in [4.78, 5) is 10.4. The Kier molecular flexibility index (Phi) is 9.09. The van der Waals surface area contributed by atoms with Crippen molar-refractivity contribution in [2.45, 2.75) is 52.4 Å². The van der Waals surface area contributed by atoms with Crippen molar-refractivity contribution in [2.24, 2.45) is 0 Å². The Hall–Kier alpha value is -6.10. The summed E-state index contributed by atoms with van der Waals surface area (Å²) in [7, 11) is 0. The first-order valence-electron chi connectivity index (χ1n) is 19.6. The van der Waals surface area contributed by atoms with Gasteiger partial charge in [-0.25, -0.2) is 9.97 Å². The minimum Gasteiger partial charge on any atom is -0.573 e. The van der Waals surface area contributed by atoms with E-state index in [4.69, 9.17) is 20.2 Å². The number of para-hydroxylation sites is 1. The van der Waals surface area contributed by atoms with Gasteiger partial charge in [0.25, 0.3) is 0 Å². The summed E-state index contributed by atoms with van der Waals surface area (Å²) in [5, 5.41) is 14.1. The van der Waals surface area contributed by atoms with Crippen molar-refractivity contribution in [3.63, 3.8) is 0 Å². The van der Waals surface area contributed by atoms with Gasteiger partial charge in [0.05, 0.1) is 16.9 Å². The molecule has 0 saturated heterocycles. The fraction of sp³-hybridized carbons (Fsp3) is 0.157. The van der Waals surface area contributed by atoms with Crippen molar-refractivity contribution < 1.29 is 21.1 Å². The van der Waals surface area contributed by atoms with E-state index >= 15 is 0 Å². The molecule has 0 spiro atoms. The van der Waals surface area contributed by atoms with Crippen LogP contribution in [0.1, 0.15) is 52.7 Å². The molecule has 0 aliphatic carbocycles. The third-order valence-corrected chi connectivity index (χ3v) is 11.2. The maximum atomic E-state index is 5.51. The molecule has 0 aliphatic heterocycles. The monoisotopic (exact) mass is 933 g/mol. The third-order valence-electron chi connectivity index (χ3n) is 11.2. The first-order valence-corrected chi connectivity index (χ1v) is 19.6. The molecule has 7 heteroatoms. The molecular weight excluding hydrogens is 892 g/mol. The number of nitrogens with zero attached hydrogens (tertiary/aromatic N) is 6. The van der Waals surface area contributed by atoms with E-state index in [1.54, 1.807) is 0 Å². The van der Waals surface area contributed by atoms with Crippen molar-refractivity contribution in [3.8, 4) is 45.3 Å². The molecule has 5 aromatic heterocycles. The van der Waals surface area contributed by atoms with Crippen LogP contribution in [-0.4, -0.2) is 24.2 Å². The standard InChI is InChI=1S/C51H42N6.Pt/c1-50(2,3)34-21-26-43-40(29-34)39-24-25-41(48-46(32-15-9-7-10-16-32)47(54-55-48)33-17-11-8-12-18-33)53-49(39)56(43)36-22-23-38-37-19-13-14-20-42(37)57(44(38)31-36)45-30-35(27-28-52-45)51(4,5)6;/h7-30H,1-6H3;/q-2;+2. The van der Waals surface area contributed by atoms with Crippen LogP contribution in [0.5, 0.6) is 0 Å². The Balaban J connectivity index is 0.00000436. The maximum Gasteiger partial charge on any atom is 2.00 e. The number of hydrogen-bond donors (Lipinski definition) is 0. The number of rotatable bonds is 5. The molecular formula is C51H42N6Pt. The van der Waals surface area contributed by atoms with Gasteiger partial charge in [-0.1, -0.05) is 143 Å². The smallest absolute Gasteiger partial charge is 0.573 e. The first-order chi connectivity index (χ1) is 27.5. The van der Waals surface area contributed by atoms with E-state index in [9.17, 15) is 0 Å². The Morgan fingerprint density at radius 3 is 1.97 bits per heavy atom. The molecule has 58 heavy (non-hydrogen) atoms. The molecule has 0 unspecified atom stereocenters. The summed E-state index contributed by atoms with van der Waals surface area (Å²) in [5.41, 5.74) is 12.7. The largest absolute Gasteiger partial charge is 2.00 e. The van der Waals surface area contributed by atoms with E-state index in [0.29, 0.717) is 0 Å². The van der Waals surface area contributed by atoms with Gasteiger partial charge >= 0.3 is 21.1 Å². The van der Waals surface area contributed by atoms with Crippen molar-refractivity contribution in [1.82, 2.24) is 29.3 Å². The SMILES string of the molecule is CC(C)(C)c1ccnc(-n2c3[c-]c(-n4c5ccc(C(C)(C)C)cc5c5ccc(-c6[n-]nc(-c7ccccc7)c6-c6ccccc6)nc54)ccc3c3ccccc32)c1.[Pt+2]. The summed E-state index contributed by atoms with van der Waals surface area (Å²) in [5.74, 6) is 0.872. The molecule has 0 bridgehead atoms. The zero-order chi connectivity index (χ0) is 39.1. The minimum absolute atomic E-state index is 0. The van der Waals surface area contributed by atoms with Gasteiger partial charge in [-0.3, -0.25) is 0 Å². The second-order valence-corrected chi connectivity index (χ2v) is 17.0. The van der Waals surface area contributed by atoms with Gasteiger partial charge in [0.2, 0.25) is 0 Å². The van der Waals surface area contributed by atoms with Crippen LogP contribution in [0.25, 0.3) is 89.0 Å². The van der Waals surface area contributed by atoms with Crippen LogP contribution in [0.3, 0.4) is 0 Å². The normalized spacial score (nSPS) is 12.2.